The highest BCUT2D eigenvalue weighted by Gasteiger charge is 2.09. The molecule has 0 saturated heterocycles. The molecule has 0 aliphatic rings. The molecule has 3 N–H and O–H groups in total. The molecular formula is C15H23N3OS. The molecular weight excluding hydrogens is 270 g/mol. The van der Waals surface area contributed by atoms with Gasteiger partial charge >= 0.3 is 0 Å². The molecule has 0 heterocycles. The molecule has 0 fully saturated rings. The number of anilines is 1. The number of carbonyl (C=O) groups excluding carboxylic acids is 1. The predicted molar refractivity (Wildman–Crippen MR) is 88.0 cm³/mol. The lowest BCUT2D eigenvalue weighted by atomic mass is 10.2. The molecule has 0 aliphatic carbocycles. The first-order chi connectivity index (χ1) is 9.43. The number of rotatable bonds is 7. The van der Waals surface area contributed by atoms with Crippen molar-refractivity contribution in [2.75, 3.05) is 18.9 Å². The van der Waals surface area contributed by atoms with Crippen LogP contribution >= 0.6 is 12.2 Å². The zero-order valence-electron chi connectivity index (χ0n) is 12.3. The van der Waals surface area contributed by atoms with Crippen molar-refractivity contribution in [3.8, 4) is 0 Å². The summed E-state index contributed by atoms with van der Waals surface area (Å²) in [6, 6.07) is 7.73. The van der Waals surface area contributed by atoms with Crippen LogP contribution in [0.4, 0.5) is 5.69 Å². The van der Waals surface area contributed by atoms with Crippen LogP contribution < -0.4 is 11.1 Å². The summed E-state index contributed by atoms with van der Waals surface area (Å²) in [5.74, 6) is 0.0169. The number of hydrogen-bond donors (Lipinski definition) is 2. The molecule has 1 amide bonds. The standard InChI is InChI=1S/C15H23N3OS/c1-4-11(2)18(3)10-9-14(19)17-13-7-5-12(6-8-13)15(16)20/h5-8,11H,4,9-10H2,1-3H3,(H2,16,20)(H,17,19). The van der Waals surface area contributed by atoms with Crippen molar-refractivity contribution in [2.24, 2.45) is 5.73 Å². The van der Waals surface area contributed by atoms with E-state index in [2.05, 4.69) is 24.1 Å². The van der Waals surface area contributed by atoms with Crippen molar-refractivity contribution in [3.63, 3.8) is 0 Å². The number of nitrogens with two attached hydrogens (primary N) is 1. The SMILES string of the molecule is CCC(C)N(C)CCC(=O)Nc1ccc(C(N)=S)cc1. The first kappa shape index (κ1) is 16.6. The second-order valence-electron chi connectivity index (χ2n) is 4.98. The number of benzene rings is 1. The first-order valence-electron chi connectivity index (χ1n) is 6.84. The van der Waals surface area contributed by atoms with E-state index in [9.17, 15) is 4.79 Å². The van der Waals surface area contributed by atoms with Gasteiger partial charge in [0.05, 0.1) is 0 Å². The Labute approximate surface area is 126 Å². The topological polar surface area (TPSA) is 58.4 Å². The van der Waals surface area contributed by atoms with Crippen molar-refractivity contribution in [3.05, 3.63) is 29.8 Å². The Kier molecular flexibility index (Phi) is 6.61. The van der Waals surface area contributed by atoms with Crippen molar-refractivity contribution in [2.45, 2.75) is 32.7 Å². The van der Waals surface area contributed by atoms with Gasteiger partial charge < -0.3 is 16.0 Å². The lowest BCUT2D eigenvalue weighted by Crippen LogP contribution is -2.31. The maximum absolute atomic E-state index is 11.9. The summed E-state index contributed by atoms with van der Waals surface area (Å²) in [6.45, 7) is 5.06. The highest BCUT2D eigenvalue weighted by molar-refractivity contribution is 7.80. The Morgan fingerprint density at radius 1 is 1.40 bits per heavy atom. The number of thiocarbonyl (C=S) groups is 1. The van der Waals surface area contributed by atoms with E-state index in [-0.39, 0.29) is 5.91 Å². The van der Waals surface area contributed by atoms with E-state index in [1.807, 2.05) is 31.3 Å². The average molecular weight is 293 g/mol. The Hall–Kier alpha value is -1.46. The van der Waals surface area contributed by atoms with Gasteiger partial charge in [-0.3, -0.25) is 4.79 Å². The molecule has 1 atom stereocenters. The molecule has 0 saturated carbocycles. The first-order valence-corrected chi connectivity index (χ1v) is 7.24. The number of nitrogens with one attached hydrogen (secondary N) is 1. The summed E-state index contributed by atoms with van der Waals surface area (Å²) in [5.41, 5.74) is 7.09. The van der Waals surface area contributed by atoms with Gasteiger partial charge in [0, 0.05) is 30.3 Å². The van der Waals surface area contributed by atoms with Crippen LogP contribution in [0, 0.1) is 0 Å². The summed E-state index contributed by atoms with van der Waals surface area (Å²) < 4.78 is 0. The second kappa shape index (κ2) is 7.97. The molecule has 20 heavy (non-hydrogen) atoms. The van der Waals surface area contributed by atoms with E-state index in [4.69, 9.17) is 18.0 Å². The van der Waals surface area contributed by atoms with E-state index >= 15 is 0 Å². The fourth-order valence-corrected chi connectivity index (χ4v) is 1.89. The van der Waals surface area contributed by atoms with Crippen LogP contribution in [-0.4, -0.2) is 35.4 Å². The van der Waals surface area contributed by atoms with Crippen LogP contribution in [-0.2, 0) is 4.79 Å². The fourth-order valence-electron chi connectivity index (χ4n) is 1.75. The maximum atomic E-state index is 11.9. The van der Waals surface area contributed by atoms with Gasteiger partial charge in [-0.15, -0.1) is 0 Å². The Morgan fingerprint density at radius 3 is 2.50 bits per heavy atom. The molecule has 4 nitrogen and oxygen atoms in total. The van der Waals surface area contributed by atoms with Gasteiger partial charge in [0.25, 0.3) is 0 Å². The van der Waals surface area contributed by atoms with Gasteiger partial charge in [-0.05, 0) is 44.7 Å². The molecule has 1 unspecified atom stereocenters. The minimum atomic E-state index is 0.0169. The number of amides is 1. The van der Waals surface area contributed by atoms with Crippen LogP contribution in [0.15, 0.2) is 24.3 Å². The van der Waals surface area contributed by atoms with Crippen LogP contribution in [0.3, 0.4) is 0 Å². The predicted octanol–water partition coefficient (Wildman–Crippen LogP) is 2.38. The smallest absolute Gasteiger partial charge is 0.225 e. The molecule has 1 rings (SSSR count). The largest absolute Gasteiger partial charge is 0.389 e. The van der Waals surface area contributed by atoms with E-state index < -0.39 is 0 Å². The van der Waals surface area contributed by atoms with Crippen molar-refractivity contribution in [1.29, 1.82) is 0 Å². The molecule has 0 spiro atoms. The van der Waals surface area contributed by atoms with E-state index in [1.54, 1.807) is 0 Å². The number of carbonyl (C=O) groups is 1. The third kappa shape index (κ3) is 5.27. The van der Waals surface area contributed by atoms with Gasteiger partial charge in [-0.25, -0.2) is 0 Å². The molecule has 1 aromatic rings. The van der Waals surface area contributed by atoms with Gasteiger partial charge in [0.1, 0.15) is 4.99 Å². The van der Waals surface area contributed by atoms with E-state index in [0.29, 0.717) is 17.5 Å². The minimum absolute atomic E-state index is 0.0169. The summed E-state index contributed by atoms with van der Waals surface area (Å²) in [6.07, 6.45) is 1.57. The molecule has 0 aromatic heterocycles. The zero-order chi connectivity index (χ0) is 15.1. The normalized spacial score (nSPS) is 12.2. The minimum Gasteiger partial charge on any atom is -0.389 e. The Morgan fingerprint density at radius 2 is 2.00 bits per heavy atom. The number of hydrogen-bond acceptors (Lipinski definition) is 3. The van der Waals surface area contributed by atoms with Gasteiger partial charge in [-0.1, -0.05) is 19.1 Å². The molecule has 110 valence electrons. The fraction of sp³-hybridized carbons (Fsp3) is 0.467. The summed E-state index contributed by atoms with van der Waals surface area (Å²) >= 11 is 4.88. The van der Waals surface area contributed by atoms with Crippen LogP contribution in [0.2, 0.25) is 0 Å². The monoisotopic (exact) mass is 293 g/mol. The lowest BCUT2D eigenvalue weighted by molar-refractivity contribution is -0.116. The molecule has 0 radical (unpaired) electrons. The van der Waals surface area contributed by atoms with Crippen molar-refractivity contribution >= 4 is 28.8 Å². The highest BCUT2D eigenvalue weighted by Crippen LogP contribution is 2.10. The summed E-state index contributed by atoms with van der Waals surface area (Å²) in [4.78, 5) is 14.4. The highest BCUT2D eigenvalue weighted by atomic mass is 32.1. The maximum Gasteiger partial charge on any atom is 0.225 e. The van der Waals surface area contributed by atoms with Gasteiger partial charge in [-0.2, -0.15) is 0 Å². The quantitative estimate of drug-likeness (QED) is 0.758. The molecule has 0 bridgehead atoms. The molecule has 1 aromatic carbocycles. The molecule has 5 heteroatoms. The van der Waals surface area contributed by atoms with Gasteiger partial charge in [0.15, 0.2) is 0 Å². The van der Waals surface area contributed by atoms with E-state index in [1.165, 1.54) is 0 Å². The van der Waals surface area contributed by atoms with Crippen molar-refractivity contribution < 1.29 is 4.79 Å². The number of nitrogens with zero attached hydrogens (tertiary/aromatic N) is 1. The van der Waals surface area contributed by atoms with Gasteiger partial charge in [0.2, 0.25) is 5.91 Å². The second-order valence-corrected chi connectivity index (χ2v) is 5.42. The average Bonchev–Trinajstić information content (AvgIpc) is 2.44. The van der Waals surface area contributed by atoms with Crippen LogP contribution in [0.5, 0.6) is 0 Å². The van der Waals surface area contributed by atoms with Crippen LogP contribution in [0.25, 0.3) is 0 Å². The summed E-state index contributed by atoms with van der Waals surface area (Å²) in [5, 5.41) is 2.87. The Balaban J connectivity index is 2.44. The molecule has 0 aliphatic heterocycles. The third-order valence-corrected chi connectivity index (χ3v) is 3.72. The zero-order valence-corrected chi connectivity index (χ0v) is 13.2. The summed E-state index contributed by atoms with van der Waals surface area (Å²) in [7, 11) is 2.04. The van der Waals surface area contributed by atoms with E-state index in [0.717, 1.165) is 24.2 Å². The Bertz CT molecular complexity index is 459. The third-order valence-electron chi connectivity index (χ3n) is 3.49. The van der Waals surface area contributed by atoms with Crippen molar-refractivity contribution in [1.82, 2.24) is 4.90 Å². The van der Waals surface area contributed by atoms with Crippen LogP contribution in [0.1, 0.15) is 32.3 Å². The lowest BCUT2D eigenvalue weighted by Gasteiger charge is -2.22.